The molecule has 4 saturated carbocycles. The minimum atomic E-state index is 0.131. The van der Waals surface area contributed by atoms with Gasteiger partial charge in [0.1, 0.15) is 0 Å². The van der Waals surface area contributed by atoms with Crippen molar-refractivity contribution in [1.82, 2.24) is 20.4 Å². The van der Waals surface area contributed by atoms with Gasteiger partial charge in [0, 0.05) is 37.3 Å². The van der Waals surface area contributed by atoms with Crippen LogP contribution in [-0.2, 0) is 13.1 Å². The van der Waals surface area contributed by atoms with Crippen LogP contribution in [0.15, 0.2) is 24.3 Å². The Labute approximate surface area is 255 Å². The average Bonchev–Trinajstić information content (AvgIpc) is 3.46. The maximum Gasteiger partial charge on any atom is 0.318 e. The topological polar surface area (TPSA) is 64.7 Å². The standard InChI is InChI=1S/C36H58N4O2/c41-35(37-31-18-7-5-8-19-31)39(33-22-11-1-2-12-23-33)27-29-16-15-17-30(26-29)28-40(34-24-13-3-4-14-25-34)36(42)38-32-20-9-6-10-21-32/h15-17,26,31-34H,1-14,18-25,27-28H2,(H,37,41)(H,38,42). The second-order valence-corrected chi connectivity index (χ2v) is 13.9. The Hall–Kier alpha value is -2.24. The van der Waals surface area contributed by atoms with E-state index in [4.69, 9.17) is 0 Å². The smallest absolute Gasteiger partial charge is 0.318 e. The average molecular weight is 579 g/mol. The summed E-state index contributed by atoms with van der Waals surface area (Å²) in [4.78, 5) is 31.9. The van der Waals surface area contributed by atoms with Gasteiger partial charge in [0.25, 0.3) is 0 Å². The number of carbonyl (C=O) groups excluding carboxylic acids is 2. The van der Waals surface area contributed by atoms with Gasteiger partial charge in [-0.1, -0.05) is 114 Å². The number of nitrogens with one attached hydrogen (secondary N) is 2. The van der Waals surface area contributed by atoms with Crippen LogP contribution in [0.5, 0.6) is 0 Å². The molecular weight excluding hydrogens is 520 g/mol. The van der Waals surface area contributed by atoms with E-state index in [9.17, 15) is 9.59 Å². The minimum Gasteiger partial charge on any atom is -0.335 e. The van der Waals surface area contributed by atoms with Gasteiger partial charge in [0.15, 0.2) is 0 Å². The Kier molecular flexibility index (Phi) is 12.3. The molecule has 6 heteroatoms. The molecule has 0 atom stereocenters. The van der Waals surface area contributed by atoms with Crippen LogP contribution in [0, 0.1) is 0 Å². The second kappa shape index (κ2) is 16.6. The van der Waals surface area contributed by atoms with Gasteiger partial charge in [-0.05, 0) is 62.5 Å². The highest BCUT2D eigenvalue weighted by Crippen LogP contribution is 2.27. The SMILES string of the molecule is O=C(NC1CCCCC1)N(Cc1cccc(CN(C(=O)NC2CCCCC2)C2CCCCCC2)c1)C1CCCCCC1. The summed E-state index contributed by atoms with van der Waals surface area (Å²) in [7, 11) is 0. The second-order valence-electron chi connectivity index (χ2n) is 13.9. The number of hydrogen-bond donors (Lipinski definition) is 2. The normalized spacial score (nSPS) is 22.1. The van der Waals surface area contributed by atoms with Gasteiger partial charge < -0.3 is 20.4 Å². The Morgan fingerprint density at radius 2 is 0.857 bits per heavy atom. The summed E-state index contributed by atoms with van der Waals surface area (Å²) in [6.45, 7) is 1.30. The van der Waals surface area contributed by atoms with Gasteiger partial charge in [0.05, 0.1) is 0 Å². The number of carbonyl (C=O) groups is 2. The summed E-state index contributed by atoms with van der Waals surface area (Å²) < 4.78 is 0. The van der Waals surface area contributed by atoms with Gasteiger partial charge in [-0.2, -0.15) is 0 Å². The molecule has 0 heterocycles. The zero-order chi connectivity index (χ0) is 29.0. The van der Waals surface area contributed by atoms with E-state index in [0.29, 0.717) is 37.3 Å². The molecule has 4 aliphatic carbocycles. The van der Waals surface area contributed by atoms with E-state index in [1.165, 1.54) is 101 Å². The van der Waals surface area contributed by atoms with Crippen LogP contribution in [0.25, 0.3) is 0 Å². The highest BCUT2D eigenvalue weighted by Gasteiger charge is 2.29. The highest BCUT2D eigenvalue weighted by molar-refractivity contribution is 5.75. The van der Waals surface area contributed by atoms with Crippen LogP contribution in [0.3, 0.4) is 0 Å². The van der Waals surface area contributed by atoms with Gasteiger partial charge in [-0.3, -0.25) is 0 Å². The summed E-state index contributed by atoms with van der Waals surface area (Å²) in [5, 5.41) is 6.86. The van der Waals surface area contributed by atoms with Gasteiger partial charge >= 0.3 is 12.1 Å². The maximum absolute atomic E-state index is 13.8. The summed E-state index contributed by atoms with van der Waals surface area (Å²) in [5.41, 5.74) is 2.37. The van der Waals surface area contributed by atoms with Gasteiger partial charge in [0.2, 0.25) is 0 Å². The van der Waals surface area contributed by atoms with Crippen LogP contribution in [0.2, 0.25) is 0 Å². The fourth-order valence-electron chi connectivity index (χ4n) is 8.10. The Morgan fingerprint density at radius 3 is 1.24 bits per heavy atom. The molecule has 0 unspecified atom stereocenters. The molecule has 234 valence electrons. The summed E-state index contributed by atoms with van der Waals surface area (Å²) in [6.07, 6.45) is 26.3. The van der Waals surface area contributed by atoms with Crippen molar-refractivity contribution in [3.05, 3.63) is 35.4 Å². The third-order valence-electron chi connectivity index (χ3n) is 10.6. The molecule has 0 spiro atoms. The molecule has 4 amide bonds. The van der Waals surface area contributed by atoms with Crippen molar-refractivity contribution < 1.29 is 9.59 Å². The Bertz CT molecular complexity index is 882. The number of nitrogens with zero attached hydrogens (tertiary/aromatic N) is 2. The van der Waals surface area contributed by atoms with Crippen molar-refractivity contribution in [2.75, 3.05) is 0 Å². The van der Waals surface area contributed by atoms with E-state index < -0.39 is 0 Å². The quantitative estimate of drug-likeness (QED) is 0.303. The molecule has 42 heavy (non-hydrogen) atoms. The molecule has 0 bridgehead atoms. The summed E-state index contributed by atoms with van der Waals surface area (Å²) in [6, 6.07) is 10.3. The molecule has 1 aromatic carbocycles. The van der Waals surface area contributed by atoms with Crippen molar-refractivity contribution in [2.45, 2.75) is 179 Å². The molecule has 5 rings (SSSR count). The molecular formula is C36H58N4O2. The first-order valence-electron chi connectivity index (χ1n) is 17.9. The van der Waals surface area contributed by atoms with Gasteiger partial charge in [-0.25, -0.2) is 9.59 Å². The number of hydrogen-bond acceptors (Lipinski definition) is 2. The maximum atomic E-state index is 13.8. The molecule has 0 radical (unpaired) electrons. The van der Waals surface area contributed by atoms with E-state index in [2.05, 4.69) is 44.7 Å². The predicted molar refractivity (Wildman–Crippen MR) is 171 cm³/mol. The first-order chi connectivity index (χ1) is 20.7. The van der Waals surface area contributed by atoms with E-state index in [1.807, 2.05) is 0 Å². The molecule has 4 fully saturated rings. The monoisotopic (exact) mass is 578 g/mol. The minimum absolute atomic E-state index is 0.131. The van der Waals surface area contributed by atoms with Crippen LogP contribution in [0.4, 0.5) is 9.59 Å². The van der Waals surface area contributed by atoms with Crippen molar-refractivity contribution >= 4 is 12.1 Å². The van der Waals surface area contributed by atoms with Crippen LogP contribution < -0.4 is 10.6 Å². The highest BCUT2D eigenvalue weighted by atomic mass is 16.2. The van der Waals surface area contributed by atoms with E-state index >= 15 is 0 Å². The van der Waals surface area contributed by atoms with E-state index in [1.54, 1.807) is 0 Å². The van der Waals surface area contributed by atoms with Crippen LogP contribution in [0.1, 0.15) is 152 Å². The van der Waals surface area contributed by atoms with Crippen LogP contribution in [-0.4, -0.2) is 46.0 Å². The third-order valence-corrected chi connectivity index (χ3v) is 10.6. The molecule has 0 aliphatic heterocycles. The first kappa shape index (κ1) is 31.2. The summed E-state index contributed by atoms with van der Waals surface area (Å²) >= 11 is 0. The lowest BCUT2D eigenvalue weighted by molar-refractivity contribution is 0.155. The number of benzene rings is 1. The zero-order valence-corrected chi connectivity index (χ0v) is 26.3. The predicted octanol–water partition coefficient (Wildman–Crippen LogP) is 8.82. The lowest BCUT2D eigenvalue weighted by atomic mass is 9.95. The fourth-order valence-corrected chi connectivity index (χ4v) is 8.10. The van der Waals surface area contributed by atoms with Crippen LogP contribution >= 0.6 is 0 Å². The Balaban J connectivity index is 1.30. The van der Waals surface area contributed by atoms with Crippen molar-refractivity contribution in [1.29, 1.82) is 0 Å². The van der Waals surface area contributed by atoms with E-state index in [-0.39, 0.29) is 12.1 Å². The van der Waals surface area contributed by atoms with Crippen molar-refractivity contribution in [3.63, 3.8) is 0 Å². The molecule has 0 saturated heterocycles. The van der Waals surface area contributed by atoms with E-state index in [0.717, 1.165) is 51.4 Å². The number of amides is 4. The molecule has 6 nitrogen and oxygen atoms in total. The summed E-state index contributed by atoms with van der Waals surface area (Å²) in [5.74, 6) is 0. The lowest BCUT2D eigenvalue weighted by Gasteiger charge is -2.35. The Morgan fingerprint density at radius 1 is 0.524 bits per heavy atom. The van der Waals surface area contributed by atoms with Gasteiger partial charge in [-0.15, -0.1) is 0 Å². The molecule has 1 aromatic rings. The first-order valence-corrected chi connectivity index (χ1v) is 17.9. The lowest BCUT2D eigenvalue weighted by Crippen LogP contribution is -2.49. The third kappa shape index (κ3) is 9.38. The largest absolute Gasteiger partial charge is 0.335 e. The van der Waals surface area contributed by atoms with Crippen molar-refractivity contribution in [2.24, 2.45) is 0 Å². The zero-order valence-electron chi connectivity index (χ0n) is 26.3. The fraction of sp³-hybridized carbons (Fsp3) is 0.778. The molecule has 4 aliphatic rings. The molecule has 2 N–H and O–H groups in total. The number of rotatable bonds is 8. The van der Waals surface area contributed by atoms with Crippen molar-refractivity contribution in [3.8, 4) is 0 Å². The molecule has 0 aromatic heterocycles. The number of urea groups is 2.